The number of carbonyl (C=O) groups excluding carboxylic acids is 1. The van der Waals surface area contributed by atoms with Crippen LogP contribution in [0.15, 0.2) is 84.3 Å². The van der Waals surface area contributed by atoms with Crippen LogP contribution < -0.4 is 9.62 Å². The van der Waals surface area contributed by atoms with Gasteiger partial charge in [0.25, 0.3) is 15.9 Å². The van der Waals surface area contributed by atoms with Crippen LogP contribution in [0, 0.1) is 6.92 Å². The molecule has 0 aliphatic rings. The molecule has 0 atom stereocenters. The van der Waals surface area contributed by atoms with Crippen LogP contribution in [0.4, 0.5) is 5.69 Å². The number of hydrogen-bond donors (Lipinski definition) is 1. The maximum atomic E-state index is 13.4. The van der Waals surface area contributed by atoms with Gasteiger partial charge in [0.1, 0.15) is 4.90 Å². The van der Waals surface area contributed by atoms with Crippen LogP contribution in [0.1, 0.15) is 21.5 Å². The first-order valence-electron chi connectivity index (χ1n) is 9.75. The Hall–Kier alpha value is -2.80. The highest BCUT2D eigenvalue weighted by molar-refractivity contribution is 7.93. The van der Waals surface area contributed by atoms with Gasteiger partial charge in [-0.15, -0.1) is 6.58 Å². The number of hydrogen-bond acceptors (Lipinski definition) is 3. The van der Waals surface area contributed by atoms with Gasteiger partial charge in [0.2, 0.25) is 0 Å². The molecule has 0 fully saturated rings. The molecule has 166 valence electrons. The Balaban J connectivity index is 1.89. The summed E-state index contributed by atoms with van der Waals surface area (Å²) in [5.41, 5.74) is 2.65. The Morgan fingerprint density at radius 1 is 1.03 bits per heavy atom. The van der Waals surface area contributed by atoms with Gasteiger partial charge in [0.05, 0.1) is 17.3 Å². The molecule has 0 unspecified atom stereocenters. The van der Waals surface area contributed by atoms with Crippen molar-refractivity contribution < 1.29 is 13.2 Å². The standard InChI is InChI=1S/C24H22Cl2N2O3S/c1-3-14-28(21-11-9-20(25)10-12-21)32(30,31)23-15-19(8-13-22(23)26)24(29)27-16-18-6-4-17(2)5-7-18/h3-13,15H,1,14,16H2,2H3,(H,27,29). The zero-order valence-corrected chi connectivity index (χ0v) is 19.7. The lowest BCUT2D eigenvalue weighted by atomic mass is 10.1. The monoisotopic (exact) mass is 488 g/mol. The molecule has 1 amide bonds. The van der Waals surface area contributed by atoms with Gasteiger partial charge in [-0.3, -0.25) is 9.10 Å². The van der Waals surface area contributed by atoms with Gasteiger partial charge in [0, 0.05) is 17.1 Å². The van der Waals surface area contributed by atoms with Crippen LogP contribution >= 0.6 is 23.2 Å². The number of amides is 1. The lowest BCUT2D eigenvalue weighted by Gasteiger charge is -2.24. The van der Waals surface area contributed by atoms with Crippen molar-refractivity contribution in [1.82, 2.24) is 5.32 Å². The average Bonchev–Trinajstić information content (AvgIpc) is 2.77. The summed E-state index contributed by atoms with van der Waals surface area (Å²) >= 11 is 12.2. The van der Waals surface area contributed by atoms with E-state index in [9.17, 15) is 13.2 Å². The first-order valence-corrected chi connectivity index (χ1v) is 11.9. The Morgan fingerprint density at radius 3 is 2.31 bits per heavy atom. The van der Waals surface area contributed by atoms with Crippen molar-refractivity contribution in [3.8, 4) is 0 Å². The molecular formula is C24H22Cl2N2O3S. The summed E-state index contributed by atoms with van der Waals surface area (Å²) in [6.07, 6.45) is 1.47. The molecule has 1 N–H and O–H groups in total. The number of carbonyl (C=O) groups is 1. The summed E-state index contributed by atoms with van der Waals surface area (Å²) in [6, 6.07) is 18.3. The molecular weight excluding hydrogens is 467 g/mol. The zero-order chi connectivity index (χ0) is 23.3. The zero-order valence-electron chi connectivity index (χ0n) is 17.4. The van der Waals surface area contributed by atoms with Crippen LogP contribution in [0.3, 0.4) is 0 Å². The van der Waals surface area contributed by atoms with E-state index in [1.165, 1.54) is 24.3 Å². The molecule has 0 saturated carbocycles. The number of nitrogens with zero attached hydrogens (tertiary/aromatic N) is 1. The second kappa shape index (κ2) is 10.2. The van der Waals surface area contributed by atoms with E-state index in [-0.39, 0.29) is 22.0 Å². The van der Waals surface area contributed by atoms with Crippen molar-refractivity contribution in [2.45, 2.75) is 18.4 Å². The number of nitrogens with one attached hydrogen (secondary N) is 1. The number of benzene rings is 3. The third-order valence-electron chi connectivity index (χ3n) is 4.74. The molecule has 0 aliphatic carbocycles. The lowest BCUT2D eigenvalue weighted by Crippen LogP contribution is -2.31. The number of sulfonamides is 1. The number of aryl methyl sites for hydroxylation is 1. The summed E-state index contributed by atoms with van der Waals surface area (Å²) in [5, 5.41) is 3.30. The summed E-state index contributed by atoms with van der Waals surface area (Å²) in [7, 11) is -4.08. The smallest absolute Gasteiger partial charge is 0.266 e. The Morgan fingerprint density at radius 2 is 1.69 bits per heavy atom. The predicted molar refractivity (Wildman–Crippen MR) is 130 cm³/mol. The van der Waals surface area contributed by atoms with Crippen molar-refractivity contribution in [3.05, 3.63) is 106 Å². The molecule has 0 bridgehead atoms. The highest BCUT2D eigenvalue weighted by atomic mass is 35.5. The van der Waals surface area contributed by atoms with Crippen molar-refractivity contribution >= 4 is 44.8 Å². The molecule has 3 aromatic carbocycles. The van der Waals surface area contributed by atoms with Gasteiger partial charge < -0.3 is 5.32 Å². The normalized spacial score (nSPS) is 11.1. The van der Waals surface area contributed by atoms with Gasteiger partial charge >= 0.3 is 0 Å². The van der Waals surface area contributed by atoms with E-state index in [0.717, 1.165) is 15.4 Å². The minimum absolute atomic E-state index is 0.0168. The first-order chi connectivity index (χ1) is 15.2. The molecule has 0 aliphatic heterocycles. The molecule has 32 heavy (non-hydrogen) atoms. The van der Waals surface area contributed by atoms with Gasteiger partial charge in [0.15, 0.2) is 0 Å². The first kappa shape index (κ1) is 23.9. The van der Waals surface area contributed by atoms with E-state index < -0.39 is 15.9 Å². The fourth-order valence-corrected chi connectivity index (χ4v) is 5.08. The van der Waals surface area contributed by atoms with Crippen molar-refractivity contribution in [2.75, 3.05) is 10.8 Å². The van der Waals surface area contributed by atoms with Crippen LogP contribution in [-0.2, 0) is 16.6 Å². The largest absolute Gasteiger partial charge is 0.348 e. The third-order valence-corrected chi connectivity index (χ3v) is 7.27. The topological polar surface area (TPSA) is 66.5 Å². The number of anilines is 1. The second-order valence-electron chi connectivity index (χ2n) is 7.11. The molecule has 3 aromatic rings. The highest BCUT2D eigenvalue weighted by Gasteiger charge is 2.27. The minimum atomic E-state index is -4.08. The molecule has 8 heteroatoms. The maximum Gasteiger partial charge on any atom is 0.266 e. The molecule has 3 rings (SSSR count). The number of rotatable bonds is 8. The summed E-state index contributed by atoms with van der Waals surface area (Å²) in [6.45, 7) is 5.97. The van der Waals surface area contributed by atoms with Gasteiger partial charge in [-0.1, -0.05) is 59.1 Å². The Kier molecular flexibility index (Phi) is 7.61. The van der Waals surface area contributed by atoms with E-state index >= 15 is 0 Å². The maximum absolute atomic E-state index is 13.4. The van der Waals surface area contributed by atoms with Crippen molar-refractivity contribution in [2.24, 2.45) is 0 Å². The highest BCUT2D eigenvalue weighted by Crippen LogP contribution is 2.30. The predicted octanol–water partition coefficient (Wildman–Crippen LogP) is 5.61. The fourth-order valence-electron chi connectivity index (χ4n) is 3.02. The molecule has 0 saturated heterocycles. The minimum Gasteiger partial charge on any atom is -0.348 e. The SMILES string of the molecule is C=CCN(c1ccc(Cl)cc1)S(=O)(=O)c1cc(C(=O)NCc2ccc(C)cc2)ccc1Cl. The van der Waals surface area contributed by atoms with Crippen molar-refractivity contribution in [1.29, 1.82) is 0 Å². The average molecular weight is 489 g/mol. The summed E-state index contributed by atoms with van der Waals surface area (Å²) in [4.78, 5) is 12.5. The third kappa shape index (κ3) is 5.51. The Labute approximate surface area is 198 Å². The van der Waals surface area contributed by atoms with Crippen LogP contribution in [0.5, 0.6) is 0 Å². The van der Waals surface area contributed by atoms with Crippen LogP contribution in [0.25, 0.3) is 0 Å². The van der Waals surface area contributed by atoms with E-state index in [4.69, 9.17) is 23.2 Å². The molecule has 0 heterocycles. The van der Waals surface area contributed by atoms with E-state index in [0.29, 0.717) is 17.3 Å². The fraction of sp³-hybridized carbons (Fsp3) is 0.125. The van der Waals surface area contributed by atoms with E-state index in [2.05, 4.69) is 11.9 Å². The van der Waals surface area contributed by atoms with Gasteiger partial charge in [-0.2, -0.15) is 0 Å². The van der Waals surface area contributed by atoms with Gasteiger partial charge in [-0.05, 0) is 55.0 Å². The van der Waals surface area contributed by atoms with E-state index in [1.54, 1.807) is 24.3 Å². The van der Waals surface area contributed by atoms with Crippen LogP contribution in [0.2, 0.25) is 10.0 Å². The number of halogens is 2. The van der Waals surface area contributed by atoms with Crippen LogP contribution in [-0.4, -0.2) is 20.9 Å². The summed E-state index contributed by atoms with van der Waals surface area (Å²) in [5.74, 6) is -0.402. The summed E-state index contributed by atoms with van der Waals surface area (Å²) < 4.78 is 28.0. The molecule has 0 spiro atoms. The molecule has 5 nitrogen and oxygen atoms in total. The lowest BCUT2D eigenvalue weighted by molar-refractivity contribution is 0.0950. The van der Waals surface area contributed by atoms with Crippen molar-refractivity contribution in [3.63, 3.8) is 0 Å². The van der Waals surface area contributed by atoms with E-state index in [1.807, 2.05) is 31.2 Å². The van der Waals surface area contributed by atoms with Gasteiger partial charge in [-0.25, -0.2) is 8.42 Å². The quantitative estimate of drug-likeness (QED) is 0.418. The molecule has 0 radical (unpaired) electrons. The molecule has 0 aromatic heterocycles. The second-order valence-corrected chi connectivity index (χ2v) is 9.79. The Bertz CT molecular complexity index is 1230.